The van der Waals surface area contributed by atoms with Crippen LogP contribution in [0, 0.1) is 19.8 Å². The average Bonchev–Trinajstić information content (AvgIpc) is 3.22. The van der Waals surface area contributed by atoms with Gasteiger partial charge in [-0.2, -0.15) is 0 Å². The van der Waals surface area contributed by atoms with Crippen LogP contribution in [0.3, 0.4) is 0 Å². The number of hydrogen-bond acceptors (Lipinski definition) is 2. The van der Waals surface area contributed by atoms with E-state index in [1.165, 1.54) is 16.8 Å². The predicted octanol–water partition coefficient (Wildman–Crippen LogP) is 4.20. The summed E-state index contributed by atoms with van der Waals surface area (Å²) < 4.78 is 0. The normalized spacial score (nSPS) is 19.3. The van der Waals surface area contributed by atoms with Gasteiger partial charge in [-0.3, -0.25) is 9.79 Å². The lowest BCUT2D eigenvalue weighted by Gasteiger charge is -2.14. The number of amides is 1. The fourth-order valence-corrected chi connectivity index (χ4v) is 3.03. The Bertz CT molecular complexity index is 820. The van der Waals surface area contributed by atoms with E-state index in [-0.39, 0.29) is 5.91 Å². The van der Waals surface area contributed by atoms with Crippen molar-refractivity contribution in [2.24, 2.45) is 10.9 Å². The first-order valence-electron chi connectivity index (χ1n) is 7.70. The molecular formula is C19H18N2O. The van der Waals surface area contributed by atoms with Crippen molar-refractivity contribution in [1.82, 2.24) is 0 Å². The number of nitrogens with one attached hydrogen (secondary N) is 1. The second-order valence-electron chi connectivity index (χ2n) is 6.27. The smallest absolute Gasteiger partial charge is 0.257 e. The molecule has 3 heteroatoms. The van der Waals surface area contributed by atoms with Crippen LogP contribution < -0.4 is 5.32 Å². The summed E-state index contributed by atoms with van der Waals surface area (Å²) in [5.74, 6) is 0.444. The number of rotatable bonds is 0. The number of hydrogen-bond donors (Lipinski definition) is 1. The van der Waals surface area contributed by atoms with Gasteiger partial charge in [-0.05, 0) is 61.6 Å². The number of aryl methyl sites for hydroxylation is 2. The summed E-state index contributed by atoms with van der Waals surface area (Å²) in [5.41, 5.74) is 7.09. The highest BCUT2D eigenvalue weighted by Gasteiger charge is 2.33. The lowest BCUT2D eigenvalue weighted by molar-refractivity contribution is 0.102. The zero-order chi connectivity index (χ0) is 15.3. The third-order valence-electron chi connectivity index (χ3n) is 4.62. The minimum absolute atomic E-state index is 0.0750. The van der Waals surface area contributed by atoms with E-state index in [1.54, 1.807) is 0 Å². The summed E-state index contributed by atoms with van der Waals surface area (Å²) in [6.07, 6.45) is 1.99. The summed E-state index contributed by atoms with van der Waals surface area (Å²) in [6.45, 7) is 4.09. The highest BCUT2D eigenvalue weighted by Crippen LogP contribution is 2.37. The Hall–Kier alpha value is -2.42. The summed E-state index contributed by atoms with van der Waals surface area (Å²) >= 11 is 0. The largest absolute Gasteiger partial charge is 0.322 e. The summed E-state index contributed by atoms with van der Waals surface area (Å²) in [5, 5.41) is 3.06. The number of carbonyl (C=O) groups is 1. The monoisotopic (exact) mass is 290 g/mol. The van der Waals surface area contributed by atoms with Crippen molar-refractivity contribution in [1.29, 1.82) is 0 Å². The molecule has 0 saturated heterocycles. The molecule has 1 fully saturated rings. The number of benzene rings is 2. The van der Waals surface area contributed by atoms with E-state index in [4.69, 9.17) is 4.99 Å². The molecule has 0 aromatic heterocycles. The molecule has 0 unspecified atom stereocenters. The first-order valence-corrected chi connectivity index (χ1v) is 7.70. The van der Waals surface area contributed by atoms with Crippen molar-refractivity contribution in [3.05, 3.63) is 58.7 Å². The van der Waals surface area contributed by atoms with E-state index in [0.717, 1.165) is 29.8 Å². The molecule has 0 radical (unpaired) electrons. The number of anilines is 1. The van der Waals surface area contributed by atoms with Gasteiger partial charge < -0.3 is 5.32 Å². The SMILES string of the molecule is Cc1cc2c(cc1C)C(=O)Nc1ccccc1C[C@@H]1CC1=N2. The van der Waals surface area contributed by atoms with Crippen molar-refractivity contribution in [2.45, 2.75) is 26.7 Å². The number of nitrogens with zero attached hydrogens (tertiary/aromatic N) is 1. The molecular weight excluding hydrogens is 272 g/mol. The lowest BCUT2D eigenvalue weighted by atomic mass is 10.0. The van der Waals surface area contributed by atoms with Crippen LogP contribution in [0.15, 0.2) is 41.4 Å². The highest BCUT2D eigenvalue weighted by atomic mass is 16.1. The zero-order valence-electron chi connectivity index (χ0n) is 12.8. The number of aliphatic imine (C=N–C) groups is 1. The van der Waals surface area contributed by atoms with Crippen LogP contribution in [0.1, 0.15) is 33.5 Å². The Morgan fingerprint density at radius 2 is 1.86 bits per heavy atom. The minimum atomic E-state index is -0.0750. The van der Waals surface area contributed by atoms with Crippen LogP contribution in [0.25, 0.3) is 0 Å². The van der Waals surface area contributed by atoms with Crippen LogP contribution in [0.2, 0.25) is 0 Å². The van der Waals surface area contributed by atoms with Gasteiger partial charge in [0.2, 0.25) is 0 Å². The maximum absolute atomic E-state index is 12.7. The molecule has 1 atom stereocenters. The number of carbonyl (C=O) groups excluding carboxylic acids is 1. The second kappa shape index (κ2) is 4.80. The molecule has 1 aliphatic heterocycles. The van der Waals surface area contributed by atoms with Gasteiger partial charge in [-0.15, -0.1) is 0 Å². The molecule has 3 nitrogen and oxygen atoms in total. The van der Waals surface area contributed by atoms with E-state index in [0.29, 0.717) is 11.5 Å². The van der Waals surface area contributed by atoms with E-state index in [1.807, 2.05) is 37.3 Å². The van der Waals surface area contributed by atoms with E-state index in [2.05, 4.69) is 18.3 Å². The Morgan fingerprint density at radius 1 is 1.09 bits per heavy atom. The van der Waals surface area contributed by atoms with Gasteiger partial charge in [-0.25, -0.2) is 0 Å². The van der Waals surface area contributed by atoms with Gasteiger partial charge in [0.15, 0.2) is 0 Å². The molecule has 1 saturated carbocycles. The quantitative estimate of drug-likeness (QED) is 0.776. The van der Waals surface area contributed by atoms with Crippen LogP contribution in [-0.4, -0.2) is 11.6 Å². The van der Waals surface area contributed by atoms with Gasteiger partial charge in [0.1, 0.15) is 0 Å². The topological polar surface area (TPSA) is 41.5 Å². The molecule has 2 aromatic rings. The van der Waals surface area contributed by atoms with Crippen molar-refractivity contribution in [2.75, 3.05) is 5.32 Å². The molecule has 110 valence electrons. The van der Waals surface area contributed by atoms with Crippen molar-refractivity contribution < 1.29 is 4.79 Å². The third-order valence-corrected chi connectivity index (χ3v) is 4.62. The summed E-state index contributed by atoms with van der Waals surface area (Å²) in [6, 6.07) is 12.0. The molecule has 0 spiro atoms. The van der Waals surface area contributed by atoms with Gasteiger partial charge >= 0.3 is 0 Å². The fourth-order valence-electron chi connectivity index (χ4n) is 3.03. The molecule has 22 heavy (non-hydrogen) atoms. The number of para-hydroxylation sites is 1. The Balaban J connectivity index is 1.88. The zero-order valence-corrected chi connectivity index (χ0v) is 12.8. The third kappa shape index (κ3) is 2.23. The van der Waals surface area contributed by atoms with Crippen LogP contribution in [0.5, 0.6) is 0 Å². The van der Waals surface area contributed by atoms with Gasteiger partial charge in [-0.1, -0.05) is 18.2 Å². The maximum Gasteiger partial charge on any atom is 0.257 e. The van der Waals surface area contributed by atoms with Crippen molar-refractivity contribution in [3.8, 4) is 0 Å². The Labute approximate surface area is 130 Å². The molecule has 1 aliphatic carbocycles. The number of fused-ring (bicyclic) bond motifs is 3. The molecule has 4 rings (SSSR count). The lowest BCUT2D eigenvalue weighted by Crippen LogP contribution is -2.15. The van der Waals surface area contributed by atoms with Crippen LogP contribution in [-0.2, 0) is 6.42 Å². The molecule has 1 heterocycles. The van der Waals surface area contributed by atoms with E-state index in [9.17, 15) is 4.79 Å². The van der Waals surface area contributed by atoms with Crippen molar-refractivity contribution in [3.63, 3.8) is 0 Å². The summed E-state index contributed by atoms with van der Waals surface area (Å²) in [4.78, 5) is 17.4. The fraction of sp³-hybridized carbons (Fsp3) is 0.263. The first-order chi connectivity index (χ1) is 10.6. The van der Waals surface area contributed by atoms with Crippen LogP contribution >= 0.6 is 0 Å². The Kier molecular flexibility index (Phi) is 2.89. The molecule has 2 aromatic carbocycles. The standard InChI is InChI=1S/C19H18N2O/c1-11-7-15-18(8-12(11)2)20-17-10-14(17)9-13-5-3-4-6-16(13)21-19(15)22/h3-8,14H,9-10H2,1-2H3,(H,21,22)/t14-/m1/s1. The molecule has 0 bridgehead atoms. The van der Waals surface area contributed by atoms with Crippen LogP contribution in [0.4, 0.5) is 11.4 Å². The van der Waals surface area contributed by atoms with Gasteiger partial charge in [0.05, 0.1) is 11.3 Å². The van der Waals surface area contributed by atoms with Gasteiger partial charge in [0.25, 0.3) is 5.91 Å². The van der Waals surface area contributed by atoms with E-state index < -0.39 is 0 Å². The highest BCUT2D eigenvalue weighted by molar-refractivity contribution is 6.11. The predicted molar refractivity (Wildman–Crippen MR) is 89.2 cm³/mol. The summed E-state index contributed by atoms with van der Waals surface area (Å²) in [7, 11) is 0. The maximum atomic E-state index is 12.7. The van der Waals surface area contributed by atoms with E-state index >= 15 is 0 Å². The molecule has 1 amide bonds. The minimum Gasteiger partial charge on any atom is -0.322 e. The van der Waals surface area contributed by atoms with Crippen molar-refractivity contribution >= 4 is 23.0 Å². The van der Waals surface area contributed by atoms with Gasteiger partial charge in [0, 0.05) is 17.3 Å². The Morgan fingerprint density at radius 3 is 2.73 bits per heavy atom. The first kappa shape index (κ1) is 13.3. The average molecular weight is 290 g/mol. The molecule has 2 aliphatic rings. The molecule has 1 N–H and O–H groups in total. The second-order valence-corrected chi connectivity index (χ2v) is 6.27.